The molecule has 2 aromatic carbocycles. The largest absolute Gasteiger partial charge is 0.465 e. The van der Waals surface area contributed by atoms with Crippen molar-refractivity contribution in [3.8, 4) is 17.2 Å². The molecule has 9 heteroatoms. The Kier molecular flexibility index (Phi) is 6.00. The third-order valence-corrected chi connectivity index (χ3v) is 6.95. The predicted octanol–water partition coefficient (Wildman–Crippen LogP) is 5.97. The molecule has 0 saturated carbocycles. The van der Waals surface area contributed by atoms with Crippen LogP contribution in [0.4, 0.5) is 4.79 Å². The van der Waals surface area contributed by atoms with Crippen molar-refractivity contribution >= 4 is 28.7 Å². The Morgan fingerprint density at radius 3 is 2.53 bits per heavy atom. The van der Waals surface area contributed by atoms with E-state index in [0.29, 0.717) is 46.2 Å². The lowest BCUT2D eigenvalue weighted by atomic mass is 9.82. The van der Waals surface area contributed by atoms with Crippen LogP contribution in [0.15, 0.2) is 71.8 Å². The highest BCUT2D eigenvalue weighted by molar-refractivity contribution is 6.32. The fourth-order valence-electron chi connectivity index (χ4n) is 5.27. The van der Waals surface area contributed by atoms with Crippen LogP contribution in [0.25, 0.3) is 16.7 Å². The smallest absolute Gasteiger partial charge is 0.407 e. The van der Waals surface area contributed by atoms with Crippen molar-refractivity contribution in [1.29, 1.82) is 0 Å². The van der Waals surface area contributed by atoms with Crippen LogP contribution in [0.1, 0.15) is 33.2 Å². The van der Waals surface area contributed by atoms with E-state index in [1.54, 1.807) is 45.8 Å². The van der Waals surface area contributed by atoms with Crippen LogP contribution < -0.4 is 10.4 Å². The van der Waals surface area contributed by atoms with Gasteiger partial charge in [0.05, 0.1) is 40.0 Å². The van der Waals surface area contributed by atoms with Gasteiger partial charge in [-0.1, -0.05) is 50.6 Å². The third kappa shape index (κ3) is 4.11. The quantitative estimate of drug-likeness (QED) is 0.368. The minimum absolute atomic E-state index is 0.266. The lowest BCUT2D eigenvalue weighted by molar-refractivity contribution is 0.0927. The van der Waals surface area contributed by atoms with Crippen LogP contribution in [0.2, 0.25) is 5.02 Å². The summed E-state index contributed by atoms with van der Waals surface area (Å²) >= 11 is 6.57. The number of hydrogen-bond donors (Lipinski definition) is 1. The first-order valence-electron chi connectivity index (χ1n) is 11.8. The molecule has 0 aliphatic carbocycles. The minimum Gasteiger partial charge on any atom is -0.465 e. The molecule has 4 aromatic rings. The Morgan fingerprint density at radius 2 is 1.86 bits per heavy atom. The van der Waals surface area contributed by atoms with Gasteiger partial charge in [0.2, 0.25) is 0 Å². The van der Waals surface area contributed by atoms with Gasteiger partial charge in [-0.3, -0.25) is 14.1 Å². The van der Waals surface area contributed by atoms with E-state index in [2.05, 4.69) is 4.98 Å². The number of aromatic nitrogens is 3. The maximum absolute atomic E-state index is 14.0. The van der Waals surface area contributed by atoms with Crippen LogP contribution in [0.5, 0.6) is 11.5 Å². The van der Waals surface area contributed by atoms with Crippen molar-refractivity contribution in [3.05, 3.63) is 82.5 Å². The number of halogens is 1. The summed E-state index contributed by atoms with van der Waals surface area (Å²) < 4.78 is 9.19. The summed E-state index contributed by atoms with van der Waals surface area (Å²) in [5.41, 5.74) is 1.25. The van der Waals surface area contributed by atoms with Crippen molar-refractivity contribution in [1.82, 2.24) is 19.0 Å². The number of pyridine rings is 1. The Hall–Kier alpha value is -3.78. The van der Waals surface area contributed by atoms with E-state index in [1.807, 2.05) is 51.1 Å². The number of likely N-dealkylation sites (tertiary alicyclic amines) is 1. The molecule has 3 heterocycles. The monoisotopic (exact) mass is 506 g/mol. The zero-order valence-electron chi connectivity index (χ0n) is 20.3. The fraction of sp³-hybridized carbons (Fsp3) is 0.296. The van der Waals surface area contributed by atoms with E-state index < -0.39 is 6.09 Å². The second kappa shape index (κ2) is 9.02. The lowest BCUT2D eigenvalue weighted by Gasteiger charge is -2.37. The first-order valence-corrected chi connectivity index (χ1v) is 12.1. The standard InChI is InChI=1S/C27H27ClN4O4/c1-27(2,3)24-21(12-14-30(24)26(34)35)32-20-11-13-29-16-22(20)31(25(32)33)17-9-10-23(19(28)15-17)36-18-7-5-4-6-8-18/h4-11,13,15-16,21,24H,12,14H2,1-3H3,(H,34,35)/t21?,24-/m0/s1. The van der Waals surface area contributed by atoms with Crippen molar-refractivity contribution in [2.45, 2.75) is 39.3 Å². The van der Waals surface area contributed by atoms with Crippen LogP contribution in [0.3, 0.4) is 0 Å². The third-order valence-electron chi connectivity index (χ3n) is 6.65. The Bertz CT molecular complexity index is 1490. The van der Waals surface area contributed by atoms with Gasteiger partial charge in [0, 0.05) is 12.7 Å². The van der Waals surface area contributed by atoms with Gasteiger partial charge in [0.15, 0.2) is 0 Å². The Labute approximate surface area is 213 Å². The van der Waals surface area contributed by atoms with Gasteiger partial charge in [-0.05, 0) is 48.2 Å². The molecule has 1 aliphatic heterocycles. The van der Waals surface area contributed by atoms with Crippen molar-refractivity contribution in [3.63, 3.8) is 0 Å². The second-order valence-electron chi connectivity index (χ2n) is 10.0. The van der Waals surface area contributed by atoms with Crippen molar-refractivity contribution in [2.24, 2.45) is 5.41 Å². The van der Waals surface area contributed by atoms with Gasteiger partial charge in [0.1, 0.15) is 11.5 Å². The molecule has 5 rings (SSSR count). The number of hydrogen-bond acceptors (Lipinski definition) is 4. The predicted molar refractivity (Wildman–Crippen MR) is 138 cm³/mol. The van der Waals surface area contributed by atoms with E-state index >= 15 is 0 Å². The minimum atomic E-state index is -0.975. The maximum atomic E-state index is 14.0. The summed E-state index contributed by atoms with van der Waals surface area (Å²) in [5.74, 6) is 1.13. The molecule has 0 bridgehead atoms. The molecule has 2 atom stereocenters. The molecule has 0 radical (unpaired) electrons. The van der Waals surface area contributed by atoms with Crippen LogP contribution in [0, 0.1) is 5.41 Å². The lowest BCUT2D eigenvalue weighted by Crippen LogP contribution is -2.47. The summed E-state index contributed by atoms with van der Waals surface area (Å²) in [6.07, 6.45) is 2.85. The molecule has 2 aromatic heterocycles. The molecule has 0 spiro atoms. The summed E-state index contributed by atoms with van der Waals surface area (Å²) in [6.45, 7) is 6.37. The number of para-hydroxylation sites is 1. The average molecular weight is 507 g/mol. The number of nitrogens with zero attached hydrogens (tertiary/aromatic N) is 4. The average Bonchev–Trinajstić information content (AvgIpc) is 3.40. The van der Waals surface area contributed by atoms with Gasteiger partial charge in [-0.2, -0.15) is 0 Å². The van der Waals surface area contributed by atoms with Crippen LogP contribution in [-0.2, 0) is 0 Å². The first-order chi connectivity index (χ1) is 17.2. The number of carboxylic acid groups (broad SMARTS) is 1. The molecule has 1 aliphatic rings. The Morgan fingerprint density at radius 1 is 1.11 bits per heavy atom. The van der Waals surface area contributed by atoms with Crippen molar-refractivity contribution in [2.75, 3.05) is 6.54 Å². The number of imidazole rings is 1. The van der Waals surface area contributed by atoms with Crippen LogP contribution in [-0.4, -0.2) is 42.8 Å². The SMILES string of the molecule is CC(C)(C)[C@@H]1C(n2c(=O)n(-c3ccc(Oc4ccccc4)c(Cl)c3)c3cnccc32)CCN1C(=O)O. The van der Waals surface area contributed by atoms with Crippen molar-refractivity contribution < 1.29 is 14.6 Å². The van der Waals surface area contributed by atoms with Gasteiger partial charge in [-0.15, -0.1) is 0 Å². The number of benzene rings is 2. The highest BCUT2D eigenvalue weighted by atomic mass is 35.5. The van der Waals surface area contributed by atoms with E-state index in [-0.39, 0.29) is 23.2 Å². The molecule has 1 saturated heterocycles. The number of ether oxygens (including phenoxy) is 1. The zero-order chi connectivity index (χ0) is 25.6. The number of carbonyl (C=O) groups is 1. The van der Waals surface area contributed by atoms with Gasteiger partial charge in [-0.25, -0.2) is 9.59 Å². The Balaban J connectivity index is 1.62. The molecular weight excluding hydrogens is 480 g/mol. The van der Waals surface area contributed by atoms with E-state index in [9.17, 15) is 14.7 Å². The first kappa shape index (κ1) is 23.9. The van der Waals surface area contributed by atoms with Gasteiger partial charge >= 0.3 is 11.8 Å². The van der Waals surface area contributed by atoms with Crippen LogP contribution >= 0.6 is 11.6 Å². The van der Waals surface area contributed by atoms with E-state index in [1.165, 1.54) is 4.90 Å². The molecule has 1 unspecified atom stereocenters. The molecule has 1 N–H and O–H groups in total. The summed E-state index contributed by atoms with van der Waals surface area (Å²) in [5, 5.41) is 10.2. The number of rotatable bonds is 4. The normalized spacial score (nSPS) is 18.1. The summed E-state index contributed by atoms with van der Waals surface area (Å²) in [6, 6.07) is 15.6. The molecule has 1 fully saturated rings. The topological polar surface area (TPSA) is 89.6 Å². The fourth-order valence-corrected chi connectivity index (χ4v) is 5.48. The highest BCUT2D eigenvalue weighted by Gasteiger charge is 2.46. The number of amides is 1. The molecule has 1 amide bonds. The second-order valence-corrected chi connectivity index (χ2v) is 10.4. The zero-order valence-corrected chi connectivity index (χ0v) is 21.0. The summed E-state index contributed by atoms with van der Waals surface area (Å²) in [4.78, 5) is 31.7. The molecular formula is C27H27ClN4O4. The van der Waals surface area contributed by atoms with E-state index in [0.717, 1.165) is 0 Å². The molecule has 36 heavy (non-hydrogen) atoms. The number of fused-ring (bicyclic) bond motifs is 1. The highest BCUT2D eigenvalue weighted by Crippen LogP contribution is 2.41. The molecule has 8 nitrogen and oxygen atoms in total. The maximum Gasteiger partial charge on any atom is 0.407 e. The van der Waals surface area contributed by atoms with E-state index in [4.69, 9.17) is 16.3 Å². The molecule has 186 valence electrons. The van der Waals surface area contributed by atoms with Gasteiger partial charge in [0.25, 0.3) is 0 Å². The van der Waals surface area contributed by atoms with Gasteiger partial charge < -0.3 is 14.7 Å². The summed E-state index contributed by atoms with van der Waals surface area (Å²) in [7, 11) is 0.